The third kappa shape index (κ3) is 6.34. The number of nitrogens with zero attached hydrogens (tertiary/aromatic N) is 1. The second-order valence-corrected chi connectivity index (χ2v) is 8.14. The fourth-order valence-electron chi connectivity index (χ4n) is 3.98. The van der Waals surface area contributed by atoms with Gasteiger partial charge in [0.05, 0.1) is 30.3 Å². The van der Waals surface area contributed by atoms with Crippen molar-refractivity contribution < 1.29 is 35.9 Å². The van der Waals surface area contributed by atoms with E-state index in [1.54, 1.807) is 0 Å². The van der Waals surface area contributed by atoms with Gasteiger partial charge in [-0.15, -0.1) is 0 Å². The summed E-state index contributed by atoms with van der Waals surface area (Å²) in [6.45, 7) is 1.81. The van der Waals surface area contributed by atoms with E-state index >= 15 is 0 Å². The topological polar surface area (TPSA) is 53.6 Å². The van der Waals surface area contributed by atoms with Crippen molar-refractivity contribution in [2.75, 3.05) is 42.3 Å². The third-order valence-corrected chi connectivity index (χ3v) is 5.59. The largest absolute Gasteiger partial charge is 0.416 e. The summed E-state index contributed by atoms with van der Waals surface area (Å²) in [7, 11) is 1.52. The number of rotatable bonds is 7. The van der Waals surface area contributed by atoms with Crippen molar-refractivity contribution in [1.82, 2.24) is 0 Å². The van der Waals surface area contributed by atoms with E-state index in [4.69, 9.17) is 4.74 Å². The van der Waals surface area contributed by atoms with Crippen molar-refractivity contribution in [3.63, 3.8) is 0 Å². The van der Waals surface area contributed by atoms with Crippen LogP contribution in [-0.2, 0) is 21.9 Å². The summed E-state index contributed by atoms with van der Waals surface area (Å²) in [5.74, 6) is -0.700. The quantitative estimate of drug-likeness (QED) is 0.490. The van der Waals surface area contributed by atoms with E-state index < -0.39 is 35.9 Å². The first-order chi connectivity index (χ1) is 15.9. The molecule has 2 N–H and O–H groups in total. The summed E-state index contributed by atoms with van der Waals surface area (Å²) in [6.07, 6.45) is -7.60. The normalized spacial score (nSPS) is 16.6. The van der Waals surface area contributed by atoms with Gasteiger partial charge in [0.15, 0.2) is 0 Å². The van der Waals surface area contributed by atoms with Gasteiger partial charge in [-0.2, -0.15) is 26.3 Å². The molecule has 0 radical (unpaired) electrons. The van der Waals surface area contributed by atoms with Crippen LogP contribution in [0, 0.1) is 6.92 Å². The van der Waals surface area contributed by atoms with Crippen LogP contribution in [0.15, 0.2) is 36.4 Å². The maximum atomic E-state index is 13.5. The standard InChI is InChI=1S/C23H25F6N3O2/c1-14-5-6-16(11-20(14)23(27,28)29)30-12-21(33)31-17-8-15(22(24,25)26)9-19(10-17)32-7-3-4-18(32)13-34-2/h5-6,8-11,18,30H,3-4,7,12-13H2,1-2H3,(H,31,33). The van der Waals surface area contributed by atoms with Gasteiger partial charge in [-0.25, -0.2) is 0 Å². The fraction of sp³-hybridized carbons (Fsp3) is 0.435. The molecule has 1 heterocycles. The van der Waals surface area contributed by atoms with Gasteiger partial charge < -0.3 is 20.3 Å². The van der Waals surface area contributed by atoms with Gasteiger partial charge in [0.1, 0.15) is 0 Å². The Morgan fingerprint density at radius 1 is 1.06 bits per heavy atom. The minimum Gasteiger partial charge on any atom is -0.383 e. The van der Waals surface area contributed by atoms with Crippen LogP contribution in [0.2, 0.25) is 0 Å². The van der Waals surface area contributed by atoms with Crippen molar-refractivity contribution in [2.24, 2.45) is 0 Å². The number of ether oxygens (including phenoxy) is 1. The van der Waals surface area contributed by atoms with Crippen molar-refractivity contribution in [2.45, 2.75) is 38.2 Å². The van der Waals surface area contributed by atoms with Gasteiger partial charge in [-0.05, 0) is 55.7 Å². The molecule has 1 saturated heterocycles. The zero-order chi connectivity index (χ0) is 25.1. The average molecular weight is 489 g/mol. The molecule has 1 unspecified atom stereocenters. The number of amides is 1. The van der Waals surface area contributed by atoms with Crippen molar-refractivity contribution >= 4 is 23.0 Å². The van der Waals surface area contributed by atoms with Crippen LogP contribution >= 0.6 is 0 Å². The Bertz CT molecular complexity index is 1020. The summed E-state index contributed by atoms with van der Waals surface area (Å²) in [4.78, 5) is 14.2. The van der Waals surface area contributed by atoms with Gasteiger partial charge in [0.25, 0.3) is 0 Å². The second kappa shape index (κ2) is 10.1. The monoisotopic (exact) mass is 489 g/mol. The molecule has 1 fully saturated rings. The Kier molecular flexibility index (Phi) is 7.64. The Balaban J connectivity index is 1.76. The molecule has 0 saturated carbocycles. The summed E-state index contributed by atoms with van der Waals surface area (Å²) < 4.78 is 84.9. The van der Waals surface area contributed by atoms with Crippen LogP contribution in [0.3, 0.4) is 0 Å². The van der Waals surface area contributed by atoms with E-state index in [1.807, 2.05) is 4.90 Å². The van der Waals surface area contributed by atoms with Crippen LogP contribution in [0.1, 0.15) is 29.5 Å². The Morgan fingerprint density at radius 2 is 1.79 bits per heavy atom. The number of carbonyl (C=O) groups is 1. The molecule has 2 aromatic carbocycles. The van der Waals surface area contributed by atoms with Crippen LogP contribution in [0.5, 0.6) is 0 Å². The minimum atomic E-state index is -4.62. The summed E-state index contributed by atoms with van der Waals surface area (Å²) in [5, 5.41) is 4.99. The number of hydrogen-bond acceptors (Lipinski definition) is 4. The molecule has 5 nitrogen and oxygen atoms in total. The molecule has 1 aliphatic heterocycles. The Labute approximate surface area is 193 Å². The lowest BCUT2D eigenvalue weighted by Crippen LogP contribution is -2.33. The molecule has 0 bridgehead atoms. The molecule has 186 valence electrons. The number of carbonyl (C=O) groups excluding carboxylic acids is 1. The first-order valence-electron chi connectivity index (χ1n) is 10.6. The smallest absolute Gasteiger partial charge is 0.383 e. The average Bonchev–Trinajstić information content (AvgIpc) is 3.20. The Hall–Kier alpha value is -2.95. The Morgan fingerprint density at radius 3 is 2.44 bits per heavy atom. The van der Waals surface area contributed by atoms with Crippen LogP contribution in [-0.4, -0.2) is 38.8 Å². The highest BCUT2D eigenvalue weighted by atomic mass is 19.4. The van der Waals surface area contributed by atoms with Gasteiger partial charge in [0.2, 0.25) is 5.91 Å². The number of anilines is 3. The number of halogens is 6. The van der Waals surface area contributed by atoms with Gasteiger partial charge in [-0.1, -0.05) is 6.07 Å². The molecule has 1 aliphatic rings. The molecule has 0 spiro atoms. The molecule has 1 amide bonds. The molecule has 3 rings (SSSR count). The number of methoxy groups -OCH3 is 1. The maximum absolute atomic E-state index is 13.5. The predicted molar refractivity (Wildman–Crippen MR) is 117 cm³/mol. The molecule has 11 heteroatoms. The fourth-order valence-corrected chi connectivity index (χ4v) is 3.98. The lowest BCUT2D eigenvalue weighted by molar-refractivity contribution is -0.138. The first kappa shape index (κ1) is 25.7. The number of benzene rings is 2. The molecule has 0 aliphatic carbocycles. The molecular formula is C23H25F6N3O2. The zero-order valence-corrected chi connectivity index (χ0v) is 18.6. The summed E-state index contributed by atoms with van der Waals surface area (Å²) >= 11 is 0. The first-order valence-corrected chi connectivity index (χ1v) is 10.6. The van der Waals surface area contributed by atoms with E-state index in [1.165, 1.54) is 32.2 Å². The van der Waals surface area contributed by atoms with Crippen LogP contribution in [0.25, 0.3) is 0 Å². The van der Waals surface area contributed by atoms with Gasteiger partial charge >= 0.3 is 12.4 Å². The molecule has 0 aromatic heterocycles. The maximum Gasteiger partial charge on any atom is 0.416 e. The van der Waals surface area contributed by atoms with E-state index in [2.05, 4.69) is 10.6 Å². The number of alkyl halides is 6. The van der Waals surface area contributed by atoms with E-state index in [0.717, 1.165) is 31.0 Å². The lowest BCUT2D eigenvalue weighted by atomic mass is 10.1. The molecule has 1 atom stereocenters. The highest BCUT2D eigenvalue weighted by Gasteiger charge is 2.34. The number of hydrogen-bond donors (Lipinski definition) is 2. The molecule has 34 heavy (non-hydrogen) atoms. The van der Waals surface area contributed by atoms with E-state index in [-0.39, 0.29) is 23.0 Å². The number of nitrogens with one attached hydrogen (secondary N) is 2. The highest BCUT2D eigenvalue weighted by molar-refractivity contribution is 5.94. The number of aryl methyl sites for hydroxylation is 1. The minimum absolute atomic E-state index is 0.0349. The molecular weight excluding hydrogens is 464 g/mol. The van der Waals surface area contributed by atoms with E-state index in [9.17, 15) is 31.1 Å². The second-order valence-electron chi connectivity index (χ2n) is 8.14. The van der Waals surface area contributed by atoms with Crippen molar-refractivity contribution in [1.29, 1.82) is 0 Å². The summed E-state index contributed by atoms with van der Waals surface area (Å²) in [5.41, 5.74) is -1.39. The zero-order valence-electron chi connectivity index (χ0n) is 18.6. The lowest BCUT2D eigenvalue weighted by Gasteiger charge is -2.27. The van der Waals surface area contributed by atoms with Gasteiger partial charge in [0, 0.05) is 30.7 Å². The van der Waals surface area contributed by atoms with Crippen LogP contribution < -0.4 is 15.5 Å². The summed E-state index contributed by atoms with van der Waals surface area (Å²) in [6, 6.07) is 6.79. The van der Waals surface area contributed by atoms with Gasteiger partial charge in [-0.3, -0.25) is 4.79 Å². The third-order valence-electron chi connectivity index (χ3n) is 5.59. The predicted octanol–water partition coefficient (Wildman–Crippen LogP) is 5.70. The SMILES string of the molecule is COCC1CCCN1c1cc(NC(=O)CNc2ccc(C)c(C(F)(F)F)c2)cc(C(F)(F)F)c1. The molecule has 2 aromatic rings. The van der Waals surface area contributed by atoms with Crippen molar-refractivity contribution in [3.8, 4) is 0 Å². The van der Waals surface area contributed by atoms with E-state index in [0.29, 0.717) is 18.8 Å². The van der Waals surface area contributed by atoms with Crippen molar-refractivity contribution in [3.05, 3.63) is 53.1 Å². The van der Waals surface area contributed by atoms with Crippen LogP contribution in [0.4, 0.5) is 43.4 Å². The highest BCUT2D eigenvalue weighted by Crippen LogP contribution is 2.37.